The van der Waals surface area contributed by atoms with Gasteiger partial charge in [0.15, 0.2) is 0 Å². The zero-order valence-corrected chi connectivity index (χ0v) is 15.8. The van der Waals surface area contributed by atoms with Crippen molar-refractivity contribution in [3.63, 3.8) is 0 Å². The fourth-order valence-electron chi connectivity index (χ4n) is 2.33. The maximum Gasteiger partial charge on any atom is 0.269 e. The van der Waals surface area contributed by atoms with Crippen molar-refractivity contribution in [3.8, 4) is 11.8 Å². The van der Waals surface area contributed by atoms with E-state index in [0.717, 1.165) is 4.88 Å². The second-order valence-electron chi connectivity index (χ2n) is 5.78. The van der Waals surface area contributed by atoms with E-state index in [1.807, 2.05) is 23.6 Å². The fourth-order valence-corrected chi connectivity index (χ4v) is 2.98. The average molecular weight is 409 g/mol. The van der Waals surface area contributed by atoms with E-state index < -0.39 is 10.8 Å². The Kier molecular flexibility index (Phi) is 6.40. The molecule has 0 spiro atoms. The van der Waals surface area contributed by atoms with Crippen molar-refractivity contribution in [1.82, 2.24) is 5.32 Å². The molecule has 0 unspecified atom stereocenters. The number of rotatable bonds is 8. The lowest BCUT2D eigenvalue weighted by atomic mass is 10.2. The first-order chi connectivity index (χ1) is 14.0. The van der Waals surface area contributed by atoms with Gasteiger partial charge in [0.1, 0.15) is 35.5 Å². The molecule has 2 heterocycles. The Balaban J connectivity index is 1.58. The highest BCUT2D eigenvalue weighted by Crippen LogP contribution is 2.19. The number of ether oxygens (including phenoxy) is 1. The van der Waals surface area contributed by atoms with Crippen molar-refractivity contribution < 1.29 is 18.9 Å². The number of hydrogen-bond acceptors (Lipinski definition) is 7. The summed E-state index contributed by atoms with van der Waals surface area (Å²) in [6.45, 7) is 0.445. The summed E-state index contributed by atoms with van der Waals surface area (Å²) >= 11 is 1.51. The minimum Gasteiger partial charge on any atom is -0.486 e. The molecule has 0 saturated heterocycles. The maximum atomic E-state index is 12.2. The Labute approximate surface area is 169 Å². The molecule has 8 nitrogen and oxygen atoms in total. The molecule has 0 fully saturated rings. The molecule has 2 aromatic heterocycles. The first-order valence-corrected chi connectivity index (χ1v) is 9.31. The molecule has 0 radical (unpaired) electrons. The summed E-state index contributed by atoms with van der Waals surface area (Å²) in [5.41, 5.74) is -0.0945. The zero-order valence-electron chi connectivity index (χ0n) is 15.0. The highest BCUT2D eigenvalue weighted by Gasteiger charge is 2.11. The van der Waals surface area contributed by atoms with Gasteiger partial charge < -0.3 is 14.5 Å². The molecule has 1 N–H and O–H groups in total. The number of hydrogen-bond donors (Lipinski definition) is 1. The molecular weight excluding hydrogens is 394 g/mol. The standard InChI is InChI=1S/C20H15N3O5S/c21-11-14(20(24)22-12-19-2-1-9-29-19)10-17-7-8-18(28-17)13-27-16-5-3-15(4-6-16)23(25)26/h1-10H,12-13H2,(H,22,24)/b14-10+. The van der Waals surface area contributed by atoms with Crippen LogP contribution in [0.4, 0.5) is 5.69 Å². The molecule has 3 rings (SSSR count). The molecule has 146 valence electrons. The van der Waals surface area contributed by atoms with E-state index >= 15 is 0 Å². The third-order valence-electron chi connectivity index (χ3n) is 3.77. The summed E-state index contributed by atoms with van der Waals surface area (Å²) in [7, 11) is 0. The van der Waals surface area contributed by atoms with E-state index in [9.17, 15) is 20.2 Å². The van der Waals surface area contributed by atoms with Crippen LogP contribution in [0.15, 0.2) is 63.9 Å². The van der Waals surface area contributed by atoms with Gasteiger partial charge in [-0.3, -0.25) is 14.9 Å². The predicted molar refractivity (Wildman–Crippen MR) is 106 cm³/mol. The van der Waals surface area contributed by atoms with Crippen LogP contribution in [0.3, 0.4) is 0 Å². The largest absolute Gasteiger partial charge is 0.486 e. The van der Waals surface area contributed by atoms with Gasteiger partial charge in [-0.05, 0) is 35.7 Å². The summed E-state index contributed by atoms with van der Waals surface area (Å²) in [4.78, 5) is 23.3. The molecule has 9 heteroatoms. The molecule has 3 aromatic rings. The number of carbonyl (C=O) groups excluding carboxylic acids is 1. The maximum absolute atomic E-state index is 12.2. The number of non-ortho nitro benzene ring substituents is 1. The number of nitro benzene ring substituents is 1. The van der Waals surface area contributed by atoms with E-state index in [2.05, 4.69) is 5.32 Å². The topological polar surface area (TPSA) is 118 Å². The lowest BCUT2D eigenvalue weighted by molar-refractivity contribution is -0.384. The Morgan fingerprint density at radius 3 is 2.72 bits per heavy atom. The molecule has 1 aromatic carbocycles. The van der Waals surface area contributed by atoms with Crippen molar-refractivity contribution in [3.05, 3.63) is 86.0 Å². The van der Waals surface area contributed by atoms with Crippen molar-refractivity contribution in [2.45, 2.75) is 13.2 Å². The van der Waals surface area contributed by atoms with Gasteiger partial charge in [0.05, 0.1) is 11.5 Å². The van der Waals surface area contributed by atoms with Gasteiger partial charge in [-0.15, -0.1) is 11.3 Å². The molecule has 0 bridgehead atoms. The van der Waals surface area contributed by atoms with Crippen LogP contribution in [0.25, 0.3) is 6.08 Å². The number of nitro groups is 1. The number of nitriles is 1. The van der Waals surface area contributed by atoms with E-state index in [-0.39, 0.29) is 17.9 Å². The second-order valence-corrected chi connectivity index (χ2v) is 6.81. The summed E-state index contributed by atoms with van der Waals surface area (Å²) < 4.78 is 11.1. The van der Waals surface area contributed by atoms with Crippen LogP contribution in [0.1, 0.15) is 16.4 Å². The average Bonchev–Trinajstić information content (AvgIpc) is 3.41. The highest BCUT2D eigenvalue weighted by atomic mass is 32.1. The molecule has 1 amide bonds. The third-order valence-corrected chi connectivity index (χ3v) is 4.64. The lowest BCUT2D eigenvalue weighted by Gasteiger charge is -2.03. The first-order valence-electron chi connectivity index (χ1n) is 8.43. The van der Waals surface area contributed by atoms with Gasteiger partial charge in [0.25, 0.3) is 11.6 Å². The van der Waals surface area contributed by atoms with Crippen LogP contribution in [0.5, 0.6) is 5.75 Å². The van der Waals surface area contributed by atoms with Gasteiger partial charge >= 0.3 is 0 Å². The molecule has 0 atom stereocenters. The number of nitrogens with zero attached hydrogens (tertiary/aromatic N) is 2. The van der Waals surface area contributed by atoms with Crippen LogP contribution < -0.4 is 10.1 Å². The van der Waals surface area contributed by atoms with E-state index in [4.69, 9.17) is 9.15 Å². The summed E-state index contributed by atoms with van der Waals surface area (Å²) in [6.07, 6.45) is 1.36. The second kappa shape index (κ2) is 9.34. The van der Waals surface area contributed by atoms with Crippen molar-refractivity contribution in [2.24, 2.45) is 0 Å². The Morgan fingerprint density at radius 2 is 2.07 bits per heavy atom. The van der Waals surface area contributed by atoms with E-state index in [0.29, 0.717) is 23.8 Å². The quantitative estimate of drug-likeness (QED) is 0.259. The first kappa shape index (κ1) is 19.9. The Morgan fingerprint density at radius 1 is 1.28 bits per heavy atom. The number of thiophene rings is 1. The summed E-state index contributed by atoms with van der Waals surface area (Å²) in [5.74, 6) is 0.789. The Bertz CT molecular complexity index is 1060. The fraction of sp³-hybridized carbons (Fsp3) is 0.100. The van der Waals surface area contributed by atoms with Crippen LogP contribution in [-0.2, 0) is 17.9 Å². The van der Waals surface area contributed by atoms with Crippen LogP contribution >= 0.6 is 11.3 Å². The minimum absolute atomic E-state index is 0.0239. The van der Waals surface area contributed by atoms with Gasteiger partial charge in [-0.1, -0.05) is 6.07 Å². The molecular formula is C20H15N3O5S. The predicted octanol–water partition coefficient (Wildman–Crippen LogP) is 4.05. The van der Waals surface area contributed by atoms with Crippen molar-refractivity contribution in [2.75, 3.05) is 0 Å². The number of nitrogens with one attached hydrogen (secondary N) is 1. The van der Waals surface area contributed by atoms with Crippen molar-refractivity contribution >= 4 is 29.0 Å². The van der Waals surface area contributed by atoms with Gasteiger partial charge in [0.2, 0.25) is 0 Å². The van der Waals surface area contributed by atoms with Gasteiger partial charge in [-0.2, -0.15) is 5.26 Å². The highest BCUT2D eigenvalue weighted by molar-refractivity contribution is 7.09. The van der Waals surface area contributed by atoms with Crippen LogP contribution in [-0.4, -0.2) is 10.8 Å². The van der Waals surface area contributed by atoms with Gasteiger partial charge in [0, 0.05) is 23.1 Å². The monoisotopic (exact) mass is 409 g/mol. The number of furan rings is 1. The minimum atomic E-state index is -0.488. The summed E-state index contributed by atoms with van der Waals surface area (Å²) in [5, 5.41) is 24.5. The normalized spacial score (nSPS) is 10.9. The SMILES string of the molecule is N#C/C(=C\c1ccc(COc2ccc([N+](=O)[O-])cc2)o1)C(=O)NCc1cccs1. The third kappa shape index (κ3) is 5.54. The lowest BCUT2D eigenvalue weighted by Crippen LogP contribution is -2.23. The van der Waals surface area contributed by atoms with Crippen LogP contribution in [0.2, 0.25) is 0 Å². The molecule has 29 heavy (non-hydrogen) atoms. The van der Waals surface area contributed by atoms with E-state index in [1.54, 1.807) is 12.1 Å². The molecule has 0 saturated carbocycles. The Hall–Kier alpha value is -3.90. The zero-order chi connectivity index (χ0) is 20.6. The van der Waals surface area contributed by atoms with E-state index in [1.165, 1.54) is 41.7 Å². The van der Waals surface area contributed by atoms with Crippen molar-refractivity contribution in [1.29, 1.82) is 5.26 Å². The van der Waals surface area contributed by atoms with Gasteiger partial charge in [-0.25, -0.2) is 0 Å². The molecule has 0 aliphatic carbocycles. The molecule has 0 aliphatic heterocycles. The number of carbonyl (C=O) groups is 1. The number of benzene rings is 1. The van der Waals surface area contributed by atoms with Crippen LogP contribution in [0, 0.1) is 21.4 Å². The molecule has 0 aliphatic rings. The summed E-state index contributed by atoms with van der Waals surface area (Å²) in [6, 6.07) is 14.6. The smallest absolute Gasteiger partial charge is 0.269 e. The number of amides is 1.